The number of alkyl halides is 3. The van der Waals surface area contributed by atoms with Gasteiger partial charge in [0.1, 0.15) is 0 Å². The molecule has 0 unspecified atom stereocenters. The van der Waals surface area contributed by atoms with Crippen LogP contribution < -0.4 is 5.32 Å². The van der Waals surface area contributed by atoms with E-state index < -0.39 is 23.8 Å². The van der Waals surface area contributed by atoms with Gasteiger partial charge in [-0.15, -0.1) is 0 Å². The SMILES string of the molecule is CO[C@@H](C(=O)Nc1ccccc1C(F)(F)F)c1ccccc1. The Hall–Kier alpha value is -2.34. The molecule has 0 saturated carbocycles. The summed E-state index contributed by atoms with van der Waals surface area (Å²) in [5, 5.41) is 2.28. The Morgan fingerprint density at radius 3 is 2.23 bits per heavy atom. The van der Waals surface area contributed by atoms with Crippen molar-refractivity contribution in [1.29, 1.82) is 0 Å². The molecule has 0 fully saturated rings. The first-order valence-electron chi connectivity index (χ1n) is 6.48. The maximum atomic E-state index is 12.9. The van der Waals surface area contributed by atoms with E-state index in [4.69, 9.17) is 4.74 Å². The highest BCUT2D eigenvalue weighted by atomic mass is 19.4. The predicted octanol–water partition coefficient (Wildman–Crippen LogP) is 4.03. The van der Waals surface area contributed by atoms with E-state index in [0.717, 1.165) is 6.07 Å². The molecule has 2 rings (SSSR count). The Morgan fingerprint density at radius 1 is 1.05 bits per heavy atom. The number of anilines is 1. The summed E-state index contributed by atoms with van der Waals surface area (Å²) < 4.78 is 43.9. The lowest BCUT2D eigenvalue weighted by atomic mass is 10.1. The number of para-hydroxylation sites is 1. The van der Waals surface area contributed by atoms with E-state index in [1.54, 1.807) is 30.3 Å². The van der Waals surface area contributed by atoms with Crippen molar-refractivity contribution in [2.75, 3.05) is 12.4 Å². The fraction of sp³-hybridized carbons (Fsp3) is 0.188. The van der Waals surface area contributed by atoms with E-state index in [9.17, 15) is 18.0 Å². The number of hydrogen-bond acceptors (Lipinski definition) is 2. The van der Waals surface area contributed by atoms with E-state index in [1.807, 2.05) is 0 Å². The molecule has 0 bridgehead atoms. The molecule has 116 valence electrons. The predicted molar refractivity (Wildman–Crippen MR) is 76.3 cm³/mol. The van der Waals surface area contributed by atoms with Crippen LogP contribution >= 0.6 is 0 Å². The number of methoxy groups -OCH3 is 1. The minimum absolute atomic E-state index is 0.294. The smallest absolute Gasteiger partial charge is 0.367 e. The van der Waals surface area contributed by atoms with Gasteiger partial charge in [-0.05, 0) is 17.7 Å². The molecule has 3 nitrogen and oxygen atoms in total. The Kier molecular flexibility index (Phi) is 4.82. The number of amides is 1. The fourth-order valence-corrected chi connectivity index (χ4v) is 2.06. The standard InChI is InChI=1S/C16H14F3NO2/c1-22-14(11-7-3-2-4-8-11)15(21)20-13-10-6-5-9-12(13)16(17,18)19/h2-10,14H,1H3,(H,20,21)/t14-/m1/s1. The lowest BCUT2D eigenvalue weighted by Crippen LogP contribution is -2.24. The van der Waals surface area contributed by atoms with Gasteiger partial charge in [-0.25, -0.2) is 0 Å². The highest BCUT2D eigenvalue weighted by Crippen LogP contribution is 2.35. The van der Waals surface area contributed by atoms with Gasteiger partial charge < -0.3 is 10.1 Å². The molecule has 2 aromatic rings. The summed E-state index contributed by atoms with van der Waals surface area (Å²) in [4.78, 5) is 12.2. The van der Waals surface area contributed by atoms with Crippen molar-refractivity contribution in [3.05, 3.63) is 65.7 Å². The molecule has 0 heterocycles. The van der Waals surface area contributed by atoms with Crippen LogP contribution in [0.4, 0.5) is 18.9 Å². The maximum absolute atomic E-state index is 12.9. The second-order valence-corrected chi connectivity index (χ2v) is 4.56. The van der Waals surface area contributed by atoms with E-state index in [1.165, 1.54) is 25.3 Å². The van der Waals surface area contributed by atoms with Crippen molar-refractivity contribution < 1.29 is 22.7 Å². The zero-order chi connectivity index (χ0) is 16.2. The maximum Gasteiger partial charge on any atom is 0.418 e. The number of ether oxygens (including phenoxy) is 1. The molecule has 1 amide bonds. The van der Waals surface area contributed by atoms with Gasteiger partial charge in [-0.3, -0.25) is 4.79 Å². The number of carbonyl (C=O) groups is 1. The van der Waals surface area contributed by atoms with Crippen LogP contribution in [-0.4, -0.2) is 13.0 Å². The largest absolute Gasteiger partial charge is 0.418 e. The highest BCUT2D eigenvalue weighted by Gasteiger charge is 2.34. The summed E-state index contributed by atoms with van der Waals surface area (Å²) in [6.07, 6.45) is -5.53. The van der Waals surface area contributed by atoms with Gasteiger partial charge >= 0.3 is 6.18 Å². The first-order valence-corrected chi connectivity index (χ1v) is 6.48. The molecule has 0 aliphatic rings. The average Bonchev–Trinajstić information content (AvgIpc) is 2.48. The van der Waals surface area contributed by atoms with Crippen molar-refractivity contribution in [2.45, 2.75) is 12.3 Å². The number of benzene rings is 2. The zero-order valence-electron chi connectivity index (χ0n) is 11.7. The van der Waals surface area contributed by atoms with E-state index in [-0.39, 0.29) is 5.69 Å². The average molecular weight is 309 g/mol. The van der Waals surface area contributed by atoms with Gasteiger partial charge in [0.25, 0.3) is 5.91 Å². The molecule has 0 aromatic heterocycles. The van der Waals surface area contributed by atoms with Crippen LogP contribution in [0.2, 0.25) is 0 Å². The molecule has 1 atom stereocenters. The van der Waals surface area contributed by atoms with E-state index in [0.29, 0.717) is 5.56 Å². The first kappa shape index (κ1) is 16.0. The summed E-state index contributed by atoms with van der Waals surface area (Å²) in [5.74, 6) is -0.662. The minimum Gasteiger partial charge on any atom is -0.367 e. The number of rotatable bonds is 4. The van der Waals surface area contributed by atoms with Gasteiger partial charge in [-0.1, -0.05) is 42.5 Å². The molecular formula is C16H14F3NO2. The summed E-state index contributed by atoms with van der Waals surface area (Å²) >= 11 is 0. The number of hydrogen-bond donors (Lipinski definition) is 1. The van der Waals surface area contributed by atoms with Crippen LogP contribution in [0.25, 0.3) is 0 Å². The summed E-state index contributed by atoms with van der Waals surface area (Å²) in [5.41, 5.74) is -0.628. The Balaban J connectivity index is 2.25. The van der Waals surface area contributed by atoms with Crippen LogP contribution in [0.5, 0.6) is 0 Å². The third-order valence-electron chi connectivity index (χ3n) is 3.07. The lowest BCUT2D eigenvalue weighted by molar-refractivity contribution is -0.137. The second kappa shape index (κ2) is 6.62. The molecule has 6 heteroatoms. The zero-order valence-corrected chi connectivity index (χ0v) is 11.7. The second-order valence-electron chi connectivity index (χ2n) is 4.56. The van der Waals surface area contributed by atoms with Gasteiger partial charge in [-0.2, -0.15) is 13.2 Å². The van der Waals surface area contributed by atoms with Crippen molar-refractivity contribution in [1.82, 2.24) is 0 Å². The van der Waals surface area contributed by atoms with Crippen LogP contribution in [0.15, 0.2) is 54.6 Å². The minimum atomic E-state index is -4.54. The van der Waals surface area contributed by atoms with E-state index in [2.05, 4.69) is 5.32 Å². The molecule has 0 saturated heterocycles. The molecule has 0 radical (unpaired) electrons. The van der Waals surface area contributed by atoms with Crippen molar-refractivity contribution in [2.24, 2.45) is 0 Å². The first-order chi connectivity index (χ1) is 10.4. The molecule has 0 aliphatic carbocycles. The van der Waals surface area contributed by atoms with Crippen molar-refractivity contribution >= 4 is 11.6 Å². The number of halogens is 3. The van der Waals surface area contributed by atoms with Crippen LogP contribution in [0, 0.1) is 0 Å². The Morgan fingerprint density at radius 2 is 1.64 bits per heavy atom. The molecular weight excluding hydrogens is 295 g/mol. The summed E-state index contributed by atoms with van der Waals surface area (Å²) in [6.45, 7) is 0. The Labute approximate surface area is 125 Å². The molecule has 0 spiro atoms. The fourth-order valence-electron chi connectivity index (χ4n) is 2.06. The van der Waals surface area contributed by atoms with E-state index >= 15 is 0 Å². The lowest BCUT2D eigenvalue weighted by Gasteiger charge is -2.18. The van der Waals surface area contributed by atoms with Crippen molar-refractivity contribution in [3.63, 3.8) is 0 Å². The monoisotopic (exact) mass is 309 g/mol. The molecule has 0 aliphatic heterocycles. The number of carbonyl (C=O) groups excluding carboxylic acids is 1. The molecule has 2 aromatic carbocycles. The van der Waals surface area contributed by atoms with Crippen LogP contribution in [0.1, 0.15) is 17.2 Å². The summed E-state index contributed by atoms with van der Waals surface area (Å²) in [6, 6.07) is 13.4. The van der Waals surface area contributed by atoms with Crippen molar-refractivity contribution in [3.8, 4) is 0 Å². The van der Waals surface area contributed by atoms with Gasteiger partial charge in [0, 0.05) is 7.11 Å². The molecule has 1 N–H and O–H groups in total. The van der Waals surface area contributed by atoms with Gasteiger partial charge in [0.15, 0.2) is 6.10 Å². The third-order valence-corrected chi connectivity index (χ3v) is 3.07. The van der Waals surface area contributed by atoms with Gasteiger partial charge in [0.2, 0.25) is 0 Å². The topological polar surface area (TPSA) is 38.3 Å². The highest BCUT2D eigenvalue weighted by molar-refractivity contribution is 5.95. The normalized spacial score (nSPS) is 12.7. The number of nitrogens with one attached hydrogen (secondary N) is 1. The van der Waals surface area contributed by atoms with Gasteiger partial charge in [0.05, 0.1) is 11.3 Å². The molecule has 22 heavy (non-hydrogen) atoms. The third kappa shape index (κ3) is 3.65. The summed E-state index contributed by atoms with van der Waals surface area (Å²) in [7, 11) is 1.33. The van der Waals surface area contributed by atoms with Crippen LogP contribution in [0.3, 0.4) is 0 Å². The van der Waals surface area contributed by atoms with Crippen LogP contribution in [-0.2, 0) is 15.7 Å². The quantitative estimate of drug-likeness (QED) is 0.926. The Bertz CT molecular complexity index is 641.